The molecule has 5 heteroatoms. The highest BCUT2D eigenvalue weighted by molar-refractivity contribution is 6.16. The van der Waals surface area contributed by atoms with Crippen molar-refractivity contribution in [1.29, 1.82) is 0 Å². The van der Waals surface area contributed by atoms with Gasteiger partial charge in [-0.3, -0.25) is 9.59 Å². The average Bonchev–Trinajstić information content (AvgIpc) is 2.73. The summed E-state index contributed by atoms with van der Waals surface area (Å²) < 4.78 is 0. The fourth-order valence-electron chi connectivity index (χ4n) is 3.73. The van der Waals surface area contributed by atoms with Crippen LogP contribution in [-0.2, 0) is 4.79 Å². The third kappa shape index (κ3) is 5.11. The maximum absolute atomic E-state index is 13.2. The molecule has 1 heterocycles. The highest BCUT2D eigenvalue weighted by Crippen LogP contribution is 2.26. The molecule has 0 bridgehead atoms. The number of hydrogen-bond donors (Lipinski definition) is 2. The second kappa shape index (κ2) is 10.0. The lowest BCUT2D eigenvalue weighted by atomic mass is 10.0. The van der Waals surface area contributed by atoms with E-state index >= 15 is 0 Å². The second-order valence-electron chi connectivity index (χ2n) is 7.51. The lowest BCUT2D eigenvalue weighted by molar-refractivity contribution is -0.120. The first-order valence-corrected chi connectivity index (χ1v) is 10.5. The van der Waals surface area contributed by atoms with Crippen LogP contribution in [0.4, 0.5) is 0 Å². The number of nitrogens with zero attached hydrogens (tertiary/aromatic N) is 1. The van der Waals surface area contributed by atoms with Gasteiger partial charge in [0.25, 0.3) is 5.91 Å². The van der Waals surface area contributed by atoms with Crippen molar-refractivity contribution >= 4 is 33.6 Å². The monoisotopic (exact) mass is 391 g/mol. The predicted molar refractivity (Wildman–Crippen MR) is 118 cm³/mol. The number of nitrogens with one attached hydrogen (secondary N) is 1. The van der Waals surface area contributed by atoms with Gasteiger partial charge in [0, 0.05) is 10.8 Å². The van der Waals surface area contributed by atoms with Crippen LogP contribution in [0.3, 0.4) is 0 Å². The summed E-state index contributed by atoms with van der Waals surface area (Å²) >= 11 is 0. The maximum Gasteiger partial charge on any atom is 0.253 e. The van der Waals surface area contributed by atoms with Crippen molar-refractivity contribution in [3.05, 3.63) is 54.1 Å². The summed E-state index contributed by atoms with van der Waals surface area (Å²) in [5, 5.41) is 4.42. The van der Waals surface area contributed by atoms with E-state index in [4.69, 9.17) is 5.73 Å². The minimum absolute atomic E-state index is 0.283. The van der Waals surface area contributed by atoms with Crippen molar-refractivity contribution in [1.82, 2.24) is 10.3 Å². The Kier molecular flexibility index (Phi) is 7.17. The van der Waals surface area contributed by atoms with Crippen molar-refractivity contribution in [3.8, 4) is 0 Å². The number of primary amides is 1. The summed E-state index contributed by atoms with van der Waals surface area (Å²) in [6.45, 7) is 2.19. The summed E-state index contributed by atoms with van der Waals surface area (Å²) in [7, 11) is 0. The summed E-state index contributed by atoms with van der Waals surface area (Å²) in [5.74, 6) is -0.774. The van der Waals surface area contributed by atoms with Crippen LogP contribution in [-0.4, -0.2) is 22.8 Å². The first-order valence-electron chi connectivity index (χ1n) is 10.5. The first-order chi connectivity index (χ1) is 14.1. The minimum atomic E-state index is -0.667. The van der Waals surface area contributed by atoms with Crippen LogP contribution in [0.25, 0.3) is 21.8 Å². The highest BCUT2D eigenvalue weighted by atomic mass is 16.2. The molecule has 5 nitrogen and oxygen atoms in total. The molecule has 3 aromatic rings. The van der Waals surface area contributed by atoms with E-state index in [-0.39, 0.29) is 5.91 Å². The zero-order chi connectivity index (χ0) is 20.6. The molecule has 0 aliphatic carbocycles. The molecule has 0 aliphatic rings. The Morgan fingerprint density at radius 3 is 2.03 bits per heavy atom. The molecule has 0 saturated carbocycles. The Labute approximate surface area is 171 Å². The molecule has 2 aromatic carbocycles. The maximum atomic E-state index is 13.2. The second-order valence-corrected chi connectivity index (χ2v) is 7.51. The van der Waals surface area contributed by atoms with E-state index in [9.17, 15) is 9.59 Å². The van der Waals surface area contributed by atoms with Crippen LogP contribution in [0.5, 0.6) is 0 Å². The van der Waals surface area contributed by atoms with E-state index in [0.29, 0.717) is 12.0 Å². The number of unbranched alkanes of at least 4 members (excludes halogenated alkanes) is 5. The lowest BCUT2D eigenvalue weighted by Crippen LogP contribution is -2.44. The normalized spacial score (nSPS) is 12.2. The number of amides is 2. The summed E-state index contributed by atoms with van der Waals surface area (Å²) in [5.41, 5.74) is 7.63. The van der Waals surface area contributed by atoms with Gasteiger partial charge in [0.15, 0.2) is 0 Å². The number of fused-ring (bicyclic) bond motifs is 2. The molecule has 0 saturated heterocycles. The van der Waals surface area contributed by atoms with Crippen LogP contribution in [0.15, 0.2) is 48.5 Å². The molecule has 3 rings (SSSR count). The Hall–Kier alpha value is -2.95. The molecule has 0 fully saturated rings. The summed E-state index contributed by atoms with van der Waals surface area (Å²) in [6.07, 6.45) is 7.27. The Bertz CT molecular complexity index is 946. The van der Waals surface area contributed by atoms with Gasteiger partial charge in [-0.2, -0.15) is 0 Å². The van der Waals surface area contributed by atoms with Crippen LogP contribution in [0, 0.1) is 0 Å². The van der Waals surface area contributed by atoms with Gasteiger partial charge in [0.05, 0.1) is 16.6 Å². The SMILES string of the molecule is CCCCCCCC[C@@H](NC(=O)c1c2ccccc2nc2ccccc12)C(N)=O. The zero-order valence-electron chi connectivity index (χ0n) is 17.0. The van der Waals surface area contributed by atoms with Crippen molar-refractivity contribution in [2.24, 2.45) is 5.73 Å². The lowest BCUT2D eigenvalue weighted by Gasteiger charge is -2.17. The quantitative estimate of drug-likeness (QED) is 0.387. The predicted octanol–water partition coefficient (Wildman–Crippen LogP) is 4.72. The van der Waals surface area contributed by atoms with Gasteiger partial charge in [0.1, 0.15) is 6.04 Å². The first kappa shape index (κ1) is 20.8. The van der Waals surface area contributed by atoms with Crippen molar-refractivity contribution < 1.29 is 9.59 Å². The molecule has 0 unspecified atom stereocenters. The zero-order valence-corrected chi connectivity index (χ0v) is 17.0. The van der Waals surface area contributed by atoms with Crippen LogP contribution in [0.2, 0.25) is 0 Å². The van der Waals surface area contributed by atoms with E-state index in [0.717, 1.165) is 41.1 Å². The topological polar surface area (TPSA) is 85.1 Å². The van der Waals surface area contributed by atoms with Crippen LogP contribution < -0.4 is 11.1 Å². The van der Waals surface area contributed by atoms with Crippen molar-refractivity contribution in [2.75, 3.05) is 0 Å². The van der Waals surface area contributed by atoms with Gasteiger partial charge >= 0.3 is 0 Å². The van der Waals surface area contributed by atoms with Gasteiger partial charge < -0.3 is 11.1 Å². The van der Waals surface area contributed by atoms with E-state index < -0.39 is 11.9 Å². The van der Waals surface area contributed by atoms with E-state index in [2.05, 4.69) is 17.2 Å². The number of aromatic nitrogens is 1. The molecule has 1 aromatic heterocycles. The van der Waals surface area contributed by atoms with Crippen molar-refractivity contribution in [2.45, 2.75) is 57.9 Å². The summed E-state index contributed by atoms with van der Waals surface area (Å²) in [4.78, 5) is 29.8. The molecular formula is C24H29N3O2. The van der Waals surface area contributed by atoms with E-state index in [1.807, 2.05) is 48.5 Å². The number of para-hydroxylation sites is 2. The van der Waals surface area contributed by atoms with Gasteiger partial charge in [-0.05, 0) is 18.6 Å². The van der Waals surface area contributed by atoms with Crippen LogP contribution >= 0.6 is 0 Å². The highest BCUT2D eigenvalue weighted by Gasteiger charge is 2.22. The number of carbonyl (C=O) groups excluding carboxylic acids is 2. The number of benzene rings is 2. The molecule has 2 amide bonds. The van der Waals surface area contributed by atoms with E-state index in [1.165, 1.54) is 19.3 Å². The third-order valence-electron chi connectivity index (χ3n) is 5.31. The smallest absolute Gasteiger partial charge is 0.253 e. The molecule has 0 aliphatic heterocycles. The fraction of sp³-hybridized carbons (Fsp3) is 0.375. The Morgan fingerprint density at radius 2 is 1.45 bits per heavy atom. The number of pyridine rings is 1. The van der Waals surface area contributed by atoms with Gasteiger partial charge in [-0.25, -0.2) is 4.98 Å². The molecule has 3 N–H and O–H groups in total. The Morgan fingerprint density at radius 1 is 0.897 bits per heavy atom. The number of nitrogens with two attached hydrogens (primary N) is 1. The Balaban J connectivity index is 1.81. The van der Waals surface area contributed by atoms with Gasteiger partial charge in [-0.1, -0.05) is 81.8 Å². The number of hydrogen-bond acceptors (Lipinski definition) is 3. The molecular weight excluding hydrogens is 362 g/mol. The molecule has 0 radical (unpaired) electrons. The fourth-order valence-corrected chi connectivity index (χ4v) is 3.73. The average molecular weight is 392 g/mol. The molecule has 152 valence electrons. The summed E-state index contributed by atoms with van der Waals surface area (Å²) in [6, 6.07) is 14.5. The van der Waals surface area contributed by atoms with Gasteiger partial charge in [0.2, 0.25) is 5.91 Å². The number of rotatable bonds is 10. The van der Waals surface area contributed by atoms with E-state index in [1.54, 1.807) is 0 Å². The third-order valence-corrected chi connectivity index (χ3v) is 5.31. The molecule has 1 atom stereocenters. The largest absolute Gasteiger partial charge is 0.368 e. The molecule has 29 heavy (non-hydrogen) atoms. The number of carbonyl (C=O) groups is 2. The van der Waals surface area contributed by atoms with Crippen molar-refractivity contribution in [3.63, 3.8) is 0 Å². The van der Waals surface area contributed by atoms with Crippen LogP contribution in [0.1, 0.15) is 62.2 Å². The standard InChI is InChI=1S/C24H29N3O2/c1-2-3-4-5-6-7-16-21(23(25)28)27-24(29)22-17-12-8-10-14-19(17)26-20-15-11-9-13-18(20)22/h8-15,21H,2-7,16H2,1H3,(H2,25,28)(H,27,29)/t21-/m1/s1. The van der Waals surface area contributed by atoms with Gasteiger partial charge in [-0.15, -0.1) is 0 Å². The minimum Gasteiger partial charge on any atom is -0.368 e. The molecule has 0 spiro atoms.